The number of hydrogen-bond acceptors (Lipinski definition) is 3. The molecular weight excluding hydrogens is 359 g/mol. The van der Waals surface area contributed by atoms with Gasteiger partial charge in [-0.05, 0) is 57.6 Å². The van der Waals surface area contributed by atoms with Gasteiger partial charge in [0, 0.05) is 8.04 Å². The number of hydrogen-bond donors (Lipinski definition) is 0. The van der Waals surface area contributed by atoms with Crippen LogP contribution in [0.1, 0.15) is 5.82 Å². The Morgan fingerprint density at radius 1 is 1.43 bits per heavy atom. The average Bonchev–Trinajstić information content (AvgIpc) is 2.57. The summed E-state index contributed by atoms with van der Waals surface area (Å²) in [6.07, 6.45) is 0. The smallest absolute Gasteiger partial charge is 0.259 e. The highest BCUT2D eigenvalue weighted by Crippen LogP contribution is 2.29. The molecule has 0 saturated heterocycles. The fraction of sp³-hybridized carbons (Fsp3) is 0.111. The summed E-state index contributed by atoms with van der Waals surface area (Å²) in [7, 11) is 0. The van der Waals surface area contributed by atoms with E-state index in [-0.39, 0.29) is 0 Å². The van der Waals surface area contributed by atoms with Gasteiger partial charge >= 0.3 is 0 Å². The average molecular weight is 365 g/mol. The van der Waals surface area contributed by atoms with Gasteiger partial charge in [-0.15, -0.1) is 0 Å². The van der Waals surface area contributed by atoms with Crippen LogP contribution in [0.25, 0.3) is 11.5 Å². The van der Waals surface area contributed by atoms with Crippen molar-refractivity contribution in [3.63, 3.8) is 0 Å². The van der Waals surface area contributed by atoms with E-state index in [4.69, 9.17) is 4.52 Å². The number of benzene rings is 1. The summed E-state index contributed by atoms with van der Waals surface area (Å²) >= 11 is 5.70. The van der Waals surface area contributed by atoms with Crippen molar-refractivity contribution >= 4 is 38.5 Å². The maximum atomic E-state index is 5.10. The molecule has 0 bridgehead atoms. The topological polar surface area (TPSA) is 38.9 Å². The highest BCUT2D eigenvalue weighted by atomic mass is 127. The molecular formula is C9H6BrIN2O. The SMILES string of the molecule is Cc1noc(-c2cccc(Br)c2I)n1. The highest BCUT2D eigenvalue weighted by molar-refractivity contribution is 14.1. The van der Waals surface area contributed by atoms with Crippen LogP contribution in [-0.2, 0) is 0 Å². The van der Waals surface area contributed by atoms with Crippen molar-refractivity contribution < 1.29 is 4.52 Å². The van der Waals surface area contributed by atoms with Crippen molar-refractivity contribution in [3.8, 4) is 11.5 Å². The minimum Gasteiger partial charge on any atom is -0.334 e. The molecule has 1 aromatic heterocycles. The lowest BCUT2D eigenvalue weighted by Crippen LogP contribution is -1.84. The van der Waals surface area contributed by atoms with Crippen molar-refractivity contribution in [1.29, 1.82) is 0 Å². The van der Waals surface area contributed by atoms with Gasteiger partial charge in [-0.3, -0.25) is 0 Å². The summed E-state index contributed by atoms with van der Waals surface area (Å²) in [6.45, 7) is 1.80. The zero-order chi connectivity index (χ0) is 10.1. The van der Waals surface area contributed by atoms with Crippen LogP contribution in [0.5, 0.6) is 0 Å². The van der Waals surface area contributed by atoms with Crippen LogP contribution < -0.4 is 0 Å². The second kappa shape index (κ2) is 3.98. The molecule has 0 radical (unpaired) electrons. The molecule has 72 valence electrons. The fourth-order valence-corrected chi connectivity index (χ4v) is 2.03. The molecule has 2 rings (SSSR count). The summed E-state index contributed by atoms with van der Waals surface area (Å²) in [5, 5.41) is 3.76. The van der Waals surface area contributed by atoms with Gasteiger partial charge < -0.3 is 4.52 Å². The molecule has 0 N–H and O–H groups in total. The van der Waals surface area contributed by atoms with Crippen LogP contribution in [0.2, 0.25) is 0 Å². The van der Waals surface area contributed by atoms with Crippen molar-refractivity contribution in [2.75, 3.05) is 0 Å². The quantitative estimate of drug-likeness (QED) is 0.728. The molecule has 0 spiro atoms. The van der Waals surface area contributed by atoms with Gasteiger partial charge in [-0.25, -0.2) is 0 Å². The molecule has 0 amide bonds. The predicted molar refractivity (Wildman–Crippen MR) is 64.9 cm³/mol. The van der Waals surface area contributed by atoms with Gasteiger partial charge in [0.2, 0.25) is 0 Å². The Bertz CT molecular complexity index is 470. The molecule has 0 fully saturated rings. The zero-order valence-electron chi connectivity index (χ0n) is 7.29. The first-order valence-electron chi connectivity index (χ1n) is 3.93. The predicted octanol–water partition coefficient (Wildman–Crippen LogP) is 3.41. The van der Waals surface area contributed by atoms with Gasteiger partial charge in [0.25, 0.3) is 5.89 Å². The molecule has 0 atom stereocenters. The number of nitrogens with zero attached hydrogens (tertiary/aromatic N) is 2. The Balaban J connectivity index is 2.57. The minimum absolute atomic E-state index is 0.563. The highest BCUT2D eigenvalue weighted by Gasteiger charge is 2.11. The van der Waals surface area contributed by atoms with Gasteiger partial charge in [-0.1, -0.05) is 11.2 Å². The van der Waals surface area contributed by atoms with Crippen LogP contribution in [0, 0.1) is 10.5 Å². The van der Waals surface area contributed by atoms with Crippen molar-refractivity contribution in [2.24, 2.45) is 0 Å². The summed E-state index contributed by atoms with van der Waals surface area (Å²) in [5.74, 6) is 1.21. The Labute approximate surface area is 103 Å². The fourth-order valence-electron chi connectivity index (χ4n) is 1.08. The molecule has 2 aromatic rings. The van der Waals surface area contributed by atoms with E-state index in [9.17, 15) is 0 Å². The second-order valence-electron chi connectivity index (χ2n) is 2.75. The van der Waals surface area contributed by atoms with E-state index in [1.165, 1.54) is 0 Å². The lowest BCUT2D eigenvalue weighted by Gasteiger charge is -2.00. The molecule has 5 heteroatoms. The molecule has 1 heterocycles. The van der Waals surface area contributed by atoms with Gasteiger partial charge in [0.15, 0.2) is 5.82 Å². The van der Waals surface area contributed by atoms with Crippen molar-refractivity contribution in [2.45, 2.75) is 6.92 Å². The van der Waals surface area contributed by atoms with Crippen LogP contribution in [0.4, 0.5) is 0 Å². The zero-order valence-corrected chi connectivity index (χ0v) is 11.0. The molecule has 1 aromatic carbocycles. The van der Waals surface area contributed by atoms with E-state index < -0.39 is 0 Å². The summed E-state index contributed by atoms with van der Waals surface area (Å²) in [6, 6.07) is 5.88. The van der Waals surface area contributed by atoms with Gasteiger partial charge in [0.1, 0.15) is 0 Å². The van der Waals surface area contributed by atoms with E-state index in [0.29, 0.717) is 11.7 Å². The lowest BCUT2D eigenvalue weighted by molar-refractivity contribution is 0.425. The van der Waals surface area contributed by atoms with Gasteiger partial charge in [0.05, 0.1) is 5.56 Å². The summed E-state index contributed by atoms with van der Waals surface area (Å²) < 4.78 is 7.21. The van der Waals surface area contributed by atoms with E-state index in [0.717, 1.165) is 13.6 Å². The molecule has 14 heavy (non-hydrogen) atoms. The minimum atomic E-state index is 0.563. The van der Waals surface area contributed by atoms with Crippen LogP contribution in [-0.4, -0.2) is 10.1 Å². The second-order valence-corrected chi connectivity index (χ2v) is 4.68. The van der Waals surface area contributed by atoms with Crippen molar-refractivity contribution in [3.05, 3.63) is 32.1 Å². The van der Waals surface area contributed by atoms with E-state index in [1.54, 1.807) is 6.92 Å². The van der Waals surface area contributed by atoms with Crippen molar-refractivity contribution in [1.82, 2.24) is 10.1 Å². The van der Waals surface area contributed by atoms with E-state index in [2.05, 4.69) is 48.7 Å². The largest absolute Gasteiger partial charge is 0.334 e. The third-order valence-electron chi connectivity index (χ3n) is 1.71. The number of aryl methyl sites for hydroxylation is 1. The number of rotatable bonds is 1. The first kappa shape index (κ1) is 10.1. The maximum Gasteiger partial charge on any atom is 0.259 e. The van der Waals surface area contributed by atoms with Crippen LogP contribution in [0.3, 0.4) is 0 Å². The summed E-state index contributed by atoms with van der Waals surface area (Å²) in [5.41, 5.74) is 0.959. The standard InChI is InChI=1S/C9H6BrIN2O/c1-5-12-9(14-13-5)6-3-2-4-7(10)8(6)11/h2-4H,1H3. The Hall–Kier alpha value is -0.430. The summed E-state index contributed by atoms with van der Waals surface area (Å²) in [4.78, 5) is 4.18. The maximum absolute atomic E-state index is 5.10. The van der Waals surface area contributed by atoms with Crippen LogP contribution in [0.15, 0.2) is 27.2 Å². The molecule has 0 aliphatic carbocycles. The monoisotopic (exact) mass is 364 g/mol. The first-order valence-corrected chi connectivity index (χ1v) is 5.80. The first-order chi connectivity index (χ1) is 6.68. The molecule has 0 aliphatic rings. The Morgan fingerprint density at radius 2 is 2.21 bits per heavy atom. The molecule has 3 nitrogen and oxygen atoms in total. The molecule has 0 unspecified atom stereocenters. The molecule has 0 aliphatic heterocycles. The normalized spacial score (nSPS) is 10.5. The third-order valence-corrected chi connectivity index (χ3v) is 4.27. The molecule has 0 saturated carbocycles. The van der Waals surface area contributed by atoms with E-state index >= 15 is 0 Å². The third kappa shape index (κ3) is 1.83. The Kier molecular flexibility index (Phi) is 2.87. The lowest BCUT2D eigenvalue weighted by atomic mass is 10.2. The van der Waals surface area contributed by atoms with Gasteiger partial charge in [-0.2, -0.15) is 4.98 Å². The van der Waals surface area contributed by atoms with E-state index in [1.807, 2.05) is 18.2 Å². The van der Waals surface area contributed by atoms with Crippen LogP contribution >= 0.6 is 38.5 Å². The Morgan fingerprint density at radius 3 is 2.86 bits per heavy atom. The number of halogens is 2. The number of aromatic nitrogens is 2.